The van der Waals surface area contributed by atoms with E-state index in [4.69, 9.17) is 16.3 Å². The molecule has 1 aromatic rings. The number of ether oxygens (including phenoxy) is 1. The smallest absolute Gasteiger partial charge is 0.125 e. The largest absolute Gasteiger partial charge is 0.381 e. The lowest BCUT2D eigenvalue weighted by atomic mass is 10.1. The summed E-state index contributed by atoms with van der Waals surface area (Å²) in [6, 6.07) is 3.72. The van der Waals surface area contributed by atoms with Crippen molar-refractivity contribution in [3.8, 4) is 0 Å². The molecule has 76 valence electrons. The van der Waals surface area contributed by atoms with Crippen molar-refractivity contribution in [3.63, 3.8) is 0 Å². The summed E-state index contributed by atoms with van der Waals surface area (Å²) in [4.78, 5) is 4.16. The first-order chi connectivity index (χ1) is 6.84. The zero-order valence-electron chi connectivity index (χ0n) is 7.87. The molecule has 1 aromatic heterocycles. The van der Waals surface area contributed by atoms with Crippen LogP contribution in [0.5, 0.6) is 0 Å². The maximum atomic E-state index is 5.73. The third kappa shape index (κ3) is 2.59. The molecule has 0 spiro atoms. The number of pyridine rings is 1. The molecule has 1 aliphatic rings. The molecule has 1 aliphatic heterocycles. The fourth-order valence-corrected chi connectivity index (χ4v) is 1.59. The Hall–Kier alpha value is -0.800. The zero-order chi connectivity index (χ0) is 9.80. The maximum Gasteiger partial charge on any atom is 0.125 e. The molecule has 2 heterocycles. The Labute approximate surface area is 88.4 Å². The van der Waals surface area contributed by atoms with Crippen molar-refractivity contribution in [3.05, 3.63) is 23.4 Å². The molecular weight excluding hydrogens is 200 g/mol. The SMILES string of the molecule is Clc1ccc(NCC2CCOC2)nc1. The van der Waals surface area contributed by atoms with Crippen LogP contribution in [0.3, 0.4) is 0 Å². The molecule has 0 radical (unpaired) electrons. The maximum absolute atomic E-state index is 5.73. The molecule has 1 saturated heterocycles. The van der Waals surface area contributed by atoms with Crippen LogP contribution in [0.15, 0.2) is 18.3 Å². The van der Waals surface area contributed by atoms with Gasteiger partial charge in [0.1, 0.15) is 5.82 Å². The van der Waals surface area contributed by atoms with Gasteiger partial charge in [0.2, 0.25) is 0 Å². The van der Waals surface area contributed by atoms with E-state index < -0.39 is 0 Å². The molecule has 0 saturated carbocycles. The lowest BCUT2D eigenvalue weighted by Crippen LogP contribution is -2.14. The molecule has 1 unspecified atom stereocenters. The van der Waals surface area contributed by atoms with Gasteiger partial charge in [0.15, 0.2) is 0 Å². The second kappa shape index (κ2) is 4.62. The number of rotatable bonds is 3. The van der Waals surface area contributed by atoms with E-state index in [1.54, 1.807) is 6.20 Å². The molecule has 14 heavy (non-hydrogen) atoms. The van der Waals surface area contributed by atoms with Crippen molar-refractivity contribution in [2.45, 2.75) is 6.42 Å². The first-order valence-electron chi connectivity index (χ1n) is 4.78. The van der Waals surface area contributed by atoms with Crippen molar-refractivity contribution in [1.82, 2.24) is 4.98 Å². The van der Waals surface area contributed by atoms with Crippen LogP contribution in [-0.4, -0.2) is 24.7 Å². The zero-order valence-corrected chi connectivity index (χ0v) is 8.63. The molecule has 0 bridgehead atoms. The Kier molecular flexibility index (Phi) is 3.22. The number of nitrogens with one attached hydrogen (secondary N) is 1. The summed E-state index contributed by atoms with van der Waals surface area (Å²) in [5.41, 5.74) is 0. The van der Waals surface area contributed by atoms with Gasteiger partial charge >= 0.3 is 0 Å². The monoisotopic (exact) mass is 212 g/mol. The number of hydrogen-bond donors (Lipinski definition) is 1. The Morgan fingerprint density at radius 1 is 1.57 bits per heavy atom. The van der Waals surface area contributed by atoms with Crippen molar-refractivity contribution in [1.29, 1.82) is 0 Å². The van der Waals surface area contributed by atoms with Crippen LogP contribution in [-0.2, 0) is 4.74 Å². The highest BCUT2D eigenvalue weighted by Gasteiger charge is 2.14. The summed E-state index contributed by atoms with van der Waals surface area (Å²) in [7, 11) is 0. The van der Waals surface area contributed by atoms with Crippen molar-refractivity contribution in [2.24, 2.45) is 5.92 Å². The predicted molar refractivity (Wildman–Crippen MR) is 56.7 cm³/mol. The van der Waals surface area contributed by atoms with Crippen molar-refractivity contribution < 1.29 is 4.74 Å². The standard InChI is InChI=1S/C10H13ClN2O/c11-9-1-2-10(13-6-9)12-5-8-3-4-14-7-8/h1-2,6,8H,3-5,7H2,(H,12,13). The summed E-state index contributed by atoms with van der Waals surface area (Å²) in [6.45, 7) is 2.68. The Morgan fingerprint density at radius 2 is 2.50 bits per heavy atom. The summed E-state index contributed by atoms with van der Waals surface area (Å²) < 4.78 is 5.28. The molecule has 0 aliphatic carbocycles. The van der Waals surface area contributed by atoms with Gasteiger partial charge in [-0.15, -0.1) is 0 Å². The highest BCUT2D eigenvalue weighted by Crippen LogP contribution is 2.14. The summed E-state index contributed by atoms with van der Waals surface area (Å²) in [5.74, 6) is 1.49. The van der Waals surface area contributed by atoms with Crippen LogP contribution in [0.25, 0.3) is 0 Å². The molecule has 1 N–H and O–H groups in total. The van der Waals surface area contributed by atoms with E-state index in [1.165, 1.54) is 0 Å². The van der Waals surface area contributed by atoms with Gasteiger partial charge in [-0.25, -0.2) is 4.98 Å². The number of halogens is 1. The van der Waals surface area contributed by atoms with E-state index >= 15 is 0 Å². The van der Waals surface area contributed by atoms with Gasteiger partial charge < -0.3 is 10.1 Å². The molecule has 0 amide bonds. The van der Waals surface area contributed by atoms with Gasteiger partial charge in [-0.1, -0.05) is 11.6 Å². The third-order valence-corrected chi connectivity index (χ3v) is 2.55. The second-order valence-electron chi connectivity index (χ2n) is 3.47. The quantitative estimate of drug-likeness (QED) is 0.834. The minimum atomic E-state index is 0.618. The van der Waals surface area contributed by atoms with E-state index in [0.29, 0.717) is 10.9 Å². The fraction of sp³-hybridized carbons (Fsp3) is 0.500. The number of anilines is 1. The predicted octanol–water partition coefficient (Wildman–Crippen LogP) is 2.18. The van der Waals surface area contributed by atoms with Gasteiger partial charge in [0.05, 0.1) is 11.6 Å². The van der Waals surface area contributed by atoms with Crippen LogP contribution in [0.1, 0.15) is 6.42 Å². The lowest BCUT2D eigenvalue weighted by Gasteiger charge is -2.09. The number of nitrogens with zero attached hydrogens (tertiary/aromatic N) is 1. The number of aromatic nitrogens is 1. The molecule has 3 nitrogen and oxygen atoms in total. The van der Waals surface area contributed by atoms with Gasteiger partial charge in [0, 0.05) is 25.3 Å². The Balaban J connectivity index is 1.82. The molecule has 0 aromatic carbocycles. The first kappa shape index (κ1) is 9.74. The fourth-order valence-electron chi connectivity index (χ4n) is 1.47. The second-order valence-corrected chi connectivity index (χ2v) is 3.91. The highest BCUT2D eigenvalue weighted by atomic mass is 35.5. The van der Waals surface area contributed by atoms with Crippen LogP contribution in [0, 0.1) is 5.92 Å². The highest BCUT2D eigenvalue weighted by molar-refractivity contribution is 6.30. The van der Waals surface area contributed by atoms with Gasteiger partial charge in [-0.2, -0.15) is 0 Å². The van der Waals surface area contributed by atoms with E-state index in [0.717, 1.165) is 32.0 Å². The molecular formula is C10H13ClN2O. The number of hydrogen-bond acceptors (Lipinski definition) is 3. The van der Waals surface area contributed by atoms with E-state index in [2.05, 4.69) is 10.3 Å². The minimum absolute atomic E-state index is 0.618. The average Bonchev–Trinajstić information content (AvgIpc) is 2.70. The van der Waals surface area contributed by atoms with Gasteiger partial charge in [-0.05, 0) is 18.6 Å². The lowest BCUT2D eigenvalue weighted by molar-refractivity contribution is 0.187. The van der Waals surface area contributed by atoms with E-state index in [9.17, 15) is 0 Å². The van der Waals surface area contributed by atoms with Crippen molar-refractivity contribution >= 4 is 17.4 Å². The molecule has 4 heteroatoms. The van der Waals surface area contributed by atoms with E-state index in [1.807, 2.05) is 12.1 Å². The average molecular weight is 213 g/mol. The van der Waals surface area contributed by atoms with Crippen LogP contribution in [0.4, 0.5) is 5.82 Å². The van der Waals surface area contributed by atoms with Crippen LogP contribution >= 0.6 is 11.6 Å². The summed E-state index contributed by atoms with van der Waals surface area (Å²) >= 11 is 5.73. The van der Waals surface area contributed by atoms with E-state index in [-0.39, 0.29) is 0 Å². The first-order valence-corrected chi connectivity index (χ1v) is 5.15. The van der Waals surface area contributed by atoms with Gasteiger partial charge in [-0.3, -0.25) is 0 Å². The topological polar surface area (TPSA) is 34.1 Å². The normalized spacial score (nSPS) is 21.1. The van der Waals surface area contributed by atoms with Crippen LogP contribution < -0.4 is 5.32 Å². The van der Waals surface area contributed by atoms with Gasteiger partial charge in [0.25, 0.3) is 0 Å². The molecule has 1 atom stereocenters. The van der Waals surface area contributed by atoms with Crippen LogP contribution in [0.2, 0.25) is 5.02 Å². The Morgan fingerprint density at radius 3 is 3.14 bits per heavy atom. The molecule has 2 rings (SSSR count). The molecule has 1 fully saturated rings. The Bertz CT molecular complexity index is 283. The third-order valence-electron chi connectivity index (χ3n) is 2.32. The summed E-state index contributed by atoms with van der Waals surface area (Å²) in [6.07, 6.45) is 2.79. The summed E-state index contributed by atoms with van der Waals surface area (Å²) in [5, 5.41) is 3.93. The van der Waals surface area contributed by atoms with Crippen molar-refractivity contribution in [2.75, 3.05) is 25.1 Å². The minimum Gasteiger partial charge on any atom is -0.381 e.